The zero-order chi connectivity index (χ0) is 20.5. The topological polar surface area (TPSA) is 86.0 Å². The van der Waals surface area contributed by atoms with Crippen LogP contribution in [0, 0.1) is 0 Å². The molecule has 0 radical (unpaired) electrons. The highest BCUT2D eigenvalue weighted by atomic mass is 16.5. The van der Waals surface area contributed by atoms with Crippen LogP contribution in [0.15, 0.2) is 45.6 Å². The summed E-state index contributed by atoms with van der Waals surface area (Å²) in [5.41, 5.74) is 2.73. The number of carboxylic acid groups (broad SMARTS) is 1. The van der Waals surface area contributed by atoms with Crippen LogP contribution >= 0.6 is 0 Å². The highest BCUT2D eigenvalue weighted by Gasteiger charge is 2.22. The molecule has 0 aliphatic heterocycles. The Labute approximate surface area is 167 Å². The molecule has 29 heavy (non-hydrogen) atoms. The van der Waals surface area contributed by atoms with E-state index in [0.717, 1.165) is 24.0 Å². The molecule has 0 saturated heterocycles. The third-order valence-corrected chi connectivity index (χ3v) is 5.14. The van der Waals surface area contributed by atoms with E-state index < -0.39 is 5.97 Å². The van der Waals surface area contributed by atoms with Crippen LogP contribution in [0.2, 0.25) is 0 Å². The normalized spacial score (nSPS) is 14.6. The van der Waals surface area contributed by atoms with Gasteiger partial charge in [0, 0.05) is 5.56 Å². The summed E-state index contributed by atoms with van der Waals surface area (Å²) in [6.07, 6.45) is 4.19. The second-order valence-corrected chi connectivity index (χ2v) is 6.89. The first-order valence-electron chi connectivity index (χ1n) is 9.28. The number of hydrogen-bond donors (Lipinski definition) is 1. The lowest BCUT2D eigenvalue weighted by Gasteiger charge is -2.18. The van der Waals surface area contributed by atoms with Gasteiger partial charge in [-0.2, -0.15) is 0 Å². The summed E-state index contributed by atoms with van der Waals surface area (Å²) in [6, 6.07) is 10.00. The number of fused-ring (bicyclic) bond motifs is 2. The van der Waals surface area contributed by atoms with Crippen molar-refractivity contribution < 1.29 is 23.8 Å². The highest BCUT2D eigenvalue weighted by molar-refractivity contribution is 5.93. The summed E-state index contributed by atoms with van der Waals surface area (Å²) in [4.78, 5) is 24.3. The number of carbonyl (C=O) groups is 1. The van der Waals surface area contributed by atoms with Gasteiger partial charge in [-0.05, 0) is 66.8 Å². The van der Waals surface area contributed by atoms with Crippen LogP contribution in [-0.2, 0) is 6.42 Å². The molecule has 1 aromatic heterocycles. The molecule has 1 heterocycles. The van der Waals surface area contributed by atoms with E-state index in [-0.39, 0.29) is 11.0 Å². The number of ether oxygens (including phenoxy) is 2. The van der Waals surface area contributed by atoms with E-state index in [0.29, 0.717) is 40.2 Å². The van der Waals surface area contributed by atoms with Crippen molar-refractivity contribution in [3.05, 3.63) is 69.1 Å². The van der Waals surface area contributed by atoms with E-state index in [2.05, 4.69) is 0 Å². The van der Waals surface area contributed by atoms with Crippen molar-refractivity contribution in [1.29, 1.82) is 0 Å². The number of methoxy groups -OCH3 is 2. The van der Waals surface area contributed by atoms with E-state index >= 15 is 0 Å². The minimum atomic E-state index is -1.07. The number of rotatable bonds is 4. The fourth-order valence-corrected chi connectivity index (χ4v) is 3.70. The Morgan fingerprint density at radius 2 is 1.86 bits per heavy atom. The van der Waals surface area contributed by atoms with E-state index in [9.17, 15) is 14.7 Å². The second-order valence-electron chi connectivity index (χ2n) is 6.89. The fraction of sp³-hybridized carbons (Fsp3) is 0.217. The Kier molecular flexibility index (Phi) is 4.84. The lowest BCUT2D eigenvalue weighted by atomic mass is 9.90. The molecule has 6 nitrogen and oxygen atoms in total. The first-order chi connectivity index (χ1) is 14.0. The van der Waals surface area contributed by atoms with Crippen molar-refractivity contribution in [3.8, 4) is 11.5 Å². The molecule has 148 valence electrons. The Morgan fingerprint density at radius 1 is 1.07 bits per heavy atom. The molecule has 0 unspecified atom stereocenters. The van der Waals surface area contributed by atoms with Crippen molar-refractivity contribution in [2.75, 3.05) is 14.2 Å². The maximum absolute atomic E-state index is 13.0. The van der Waals surface area contributed by atoms with Gasteiger partial charge >= 0.3 is 5.97 Å². The summed E-state index contributed by atoms with van der Waals surface area (Å²) in [7, 11) is 3.17. The van der Waals surface area contributed by atoms with Crippen LogP contribution < -0.4 is 14.9 Å². The van der Waals surface area contributed by atoms with E-state index in [1.807, 2.05) is 24.3 Å². The van der Waals surface area contributed by atoms with Gasteiger partial charge in [-0.1, -0.05) is 6.07 Å². The zero-order valence-electron chi connectivity index (χ0n) is 16.2. The minimum absolute atomic E-state index is 0.0710. The number of allylic oxidation sites excluding steroid dienone is 1. The van der Waals surface area contributed by atoms with E-state index in [4.69, 9.17) is 13.9 Å². The standard InChI is InChI=1S/C23H20O6/c1-27-19-8-6-13(11-20(19)28-2)10-14-4-3-5-16-21(24)17-12-15(23(25)26)7-9-18(17)29-22(14)16/h6-12H,3-5H2,1-2H3,(H,25,26). The third kappa shape index (κ3) is 3.38. The first-order valence-corrected chi connectivity index (χ1v) is 9.28. The maximum atomic E-state index is 13.0. The summed E-state index contributed by atoms with van der Waals surface area (Å²) in [5.74, 6) is 0.772. The molecule has 4 rings (SSSR count). The zero-order valence-corrected chi connectivity index (χ0v) is 16.2. The van der Waals surface area contributed by atoms with Crippen molar-refractivity contribution in [2.45, 2.75) is 19.3 Å². The van der Waals surface area contributed by atoms with Crippen molar-refractivity contribution in [2.24, 2.45) is 0 Å². The molecule has 1 aliphatic rings. The number of hydrogen-bond acceptors (Lipinski definition) is 5. The van der Waals surface area contributed by atoms with E-state index in [1.165, 1.54) is 12.1 Å². The minimum Gasteiger partial charge on any atom is -0.493 e. The van der Waals surface area contributed by atoms with Crippen LogP contribution in [0.3, 0.4) is 0 Å². The molecule has 3 aromatic rings. The number of aromatic carboxylic acids is 1. The molecule has 0 amide bonds. The van der Waals surface area contributed by atoms with Gasteiger partial charge < -0.3 is 19.0 Å². The third-order valence-electron chi connectivity index (χ3n) is 5.14. The fourth-order valence-electron chi connectivity index (χ4n) is 3.70. The molecule has 0 spiro atoms. The van der Waals surface area contributed by atoms with Gasteiger partial charge in [-0.25, -0.2) is 4.79 Å². The molecular formula is C23H20O6. The Morgan fingerprint density at radius 3 is 2.59 bits per heavy atom. The number of benzene rings is 2. The SMILES string of the molecule is COc1ccc(C=C2CCCc3c2oc2ccc(C(=O)O)cc2c3=O)cc1OC. The van der Waals surface area contributed by atoms with Gasteiger partial charge in [0.15, 0.2) is 16.9 Å². The summed E-state index contributed by atoms with van der Waals surface area (Å²) in [5, 5.41) is 9.50. The molecule has 6 heteroatoms. The van der Waals surface area contributed by atoms with Crippen LogP contribution in [-0.4, -0.2) is 25.3 Å². The Hall–Kier alpha value is -3.54. The molecule has 1 aliphatic carbocycles. The Balaban J connectivity index is 1.85. The summed E-state index contributed by atoms with van der Waals surface area (Å²) >= 11 is 0. The monoisotopic (exact) mass is 392 g/mol. The van der Waals surface area contributed by atoms with Crippen LogP contribution in [0.5, 0.6) is 11.5 Å². The molecule has 0 atom stereocenters. The summed E-state index contributed by atoms with van der Waals surface area (Å²) in [6.45, 7) is 0. The number of carboxylic acids is 1. The van der Waals surface area contributed by atoms with Crippen LogP contribution in [0.4, 0.5) is 0 Å². The van der Waals surface area contributed by atoms with Crippen molar-refractivity contribution in [1.82, 2.24) is 0 Å². The lowest BCUT2D eigenvalue weighted by molar-refractivity contribution is 0.0697. The molecule has 0 bridgehead atoms. The lowest BCUT2D eigenvalue weighted by Crippen LogP contribution is -2.16. The van der Waals surface area contributed by atoms with Crippen molar-refractivity contribution in [3.63, 3.8) is 0 Å². The second kappa shape index (κ2) is 7.47. The first kappa shape index (κ1) is 18.8. The quantitative estimate of drug-likeness (QED) is 0.709. The molecule has 0 fully saturated rings. The van der Waals surface area contributed by atoms with Gasteiger partial charge in [-0.15, -0.1) is 0 Å². The van der Waals surface area contributed by atoms with Crippen molar-refractivity contribution >= 4 is 28.6 Å². The van der Waals surface area contributed by atoms with E-state index in [1.54, 1.807) is 20.3 Å². The average molecular weight is 392 g/mol. The Bertz CT molecular complexity index is 1200. The predicted octanol–water partition coefficient (Wildman–Crippen LogP) is 4.39. The van der Waals surface area contributed by atoms with Gasteiger partial charge in [0.2, 0.25) is 0 Å². The molecule has 0 saturated carbocycles. The van der Waals surface area contributed by atoms with Gasteiger partial charge in [0.05, 0.1) is 25.2 Å². The van der Waals surface area contributed by atoms with Crippen LogP contribution in [0.1, 0.15) is 40.1 Å². The molecule has 1 N–H and O–H groups in total. The average Bonchev–Trinajstić information content (AvgIpc) is 2.74. The molecule has 2 aromatic carbocycles. The summed E-state index contributed by atoms with van der Waals surface area (Å²) < 4.78 is 16.7. The highest BCUT2D eigenvalue weighted by Crippen LogP contribution is 2.35. The van der Waals surface area contributed by atoms with Gasteiger partial charge in [0.1, 0.15) is 11.3 Å². The van der Waals surface area contributed by atoms with Gasteiger partial charge in [0.25, 0.3) is 0 Å². The largest absolute Gasteiger partial charge is 0.493 e. The van der Waals surface area contributed by atoms with Crippen LogP contribution in [0.25, 0.3) is 22.6 Å². The molecular weight excluding hydrogens is 372 g/mol. The maximum Gasteiger partial charge on any atom is 0.335 e. The predicted molar refractivity (Wildman–Crippen MR) is 110 cm³/mol. The smallest absolute Gasteiger partial charge is 0.335 e. The van der Waals surface area contributed by atoms with Gasteiger partial charge in [-0.3, -0.25) is 4.79 Å².